The third kappa shape index (κ3) is 3.91. The van der Waals surface area contributed by atoms with Gasteiger partial charge in [-0.1, -0.05) is 35.6 Å². The SMILES string of the molecule is CCOc1ccccc1OCC(=O)N(CC)c1nc2ccccc2s1. The van der Waals surface area contributed by atoms with Crippen LogP contribution in [0.3, 0.4) is 0 Å². The summed E-state index contributed by atoms with van der Waals surface area (Å²) in [6, 6.07) is 15.2. The number of hydrogen-bond donors (Lipinski definition) is 0. The van der Waals surface area contributed by atoms with Crippen molar-refractivity contribution in [3.63, 3.8) is 0 Å². The van der Waals surface area contributed by atoms with Crippen molar-refractivity contribution in [1.82, 2.24) is 4.98 Å². The van der Waals surface area contributed by atoms with Gasteiger partial charge in [0.15, 0.2) is 23.2 Å². The molecular weight excluding hydrogens is 336 g/mol. The van der Waals surface area contributed by atoms with Gasteiger partial charge in [0.05, 0.1) is 16.8 Å². The summed E-state index contributed by atoms with van der Waals surface area (Å²) >= 11 is 1.50. The first-order chi connectivity index (χ1) is 12.2. The molecule has 0 N–H and O–H groups in total. The molecule has 2 aromatic carbocycles. The molecule has 0 saturated heterocycles. The molecule has 3 rings (SSSR count). The molecule has 3 aromatic rings. The fourth-order valence-electron chi connectivity index (χ4n) is 2.46. The third-order valence-electron chi connectivity index (χ3n) is 3.63. The summed E-state index contributed by atoms with van der Waals surface area (Å²) in [6.07, 6.45) is 0. The van der Waals surface area contributed by atoms with Gasteiger partial charge in [-0.05, 0) is 38.1 Å². The molecule has 0 aliphatic rings. The van der Waals surface area contributed by atoms with Crippen molar-refractivity contribution in [2.24, 2.45) is 0 Å². The predicted molar refractivity (Wildman–Crippen MR) is 101 cm³/mol. The van der Waals surface area contributed by atoms with Gasteiger partial charge in [0, 0.05) is 6.54 Å². The number of carbonyl (C=O) groups is 1. The summed E-state index contributed by atoms with van der Waals surface area (Å²) in [6.45, 7) is 4.86. The van der Waals surface area contributed by atoms with Crippen LogP contribution in [0.5, 0.6) is 11.5 Å². The van der Waals surface area contributed by atoms with Crippen LogP contribution < -0.4 is 14.4 Å². The molecule has 130 valence electrons. The highest BCUT2D eigenvalue weighted by Crippen LogP contribution is 2.29. The molecule has 0 spiro atoms. The van der Waals surface area contributed by atoms with E-state index < -0.39 is 0 Å². The van der Waals surface area contributed by atoms with Crippen molar-refractivity contribution in [2.45, 2.75) is 13.8 Å². The zero-order valence-electron chi connectivity index (χ0n) is 14.3. The van der Waals surface area contributed by atoms with Gasteiger partial charge in [0.2, 0.25) is 0 Å². The lowest BCUT2D eigenvalue weighted by molar-refractivity contribution is -0.120. The second-order valence-corrected chi connectivity index (χ2v) is 6.28. The van der Waals surface area contributed by atoms with Crippen molar-refractivity contribution in [1.29, 1.82) is 0 Å². The standard InChI is InChI=1S/C19H20N2O3S/c1-3-21(19-20-14-9-5-8-12-17(14)25-19)18(22)13-24-16-11-7-6-10-15(16)23-4-2/h5-12H,3-4,13H2,1-2H3. The van der Waals surface area contributed by atoms with Gasteiger partial charge in [-0.3, -0.25) is 9.69 Å². The number of ether oxygens (including phenoxy) is 2. The van der Waals surface area contributed by atoms with Crippen molar-refractivity contribution in [3.05, 3.63) is 48.5 Å². The lowest BCUT2D eigenvalue weighted by atomic mass is 10.3. The van der Waals surface area contributed by atoms with Gasteiger partial charge in [0.25, 0.3) is 5.91 Å². The number of rotatable bonds is 7. The van der Waals surface area contributed by atoms with E-state index in [1.165, 1.54) is 11.3 Å². The number of thiazole rings is 1. The van der Waals surface area contributed by atoms with Gasteiger partial charge in [-0.2, -0.15) is 0 Å². The van der Waals surface area contributed by atoms with Crippen LogP contribution in [0.2, 0.25) is 0 Å². The third-order valence-corrected chi connectivity index (χ3v) is 4.69. The summed E-state index contributed by atoms with van der Waals surface area (Å²) in [5, 5.41) is 0.690. The minimum absolute atomic E-state index is 0.0617. The van der Waals surface area contributed by atoms with E-state index in [0.29, 0.717) is 29.8 Å². The number of fused-ring (bicyclic) bond motifs is 1. The second kappa shape index (κ2) is 7.98. The Morgan fingerprint density at radius 2 is 1.72 bits per heavy atom. The summed E-state index contributed by atoms with van der Waals surface area (Å²) in [5.74, 6) is 1.08. The van der Waals surface area contributed by atoms with Crippen molar-refractivity contribution in [2.75, 3.05) is 24.7 Å². The Bertz CT molecular complexity index is 830. The van der Waals surface area contributed by atoms with E-state index in [2.05, 4.69) is 4.98 Å². The molecule has 0 unspecified atom stereocenters. The molecule has 0 aliphatic carbocycles. The Balaban J connectivity index is 1.72. The molecule has 6 heteroatoms. The molecular formula is C19H20N2O3S. The summed E-state index contributed by atoms with van der Waals surface area (Å²) in [4.78, 5) is 18.8. The van der Waals surface area contributed by atoms with Gasteiger partial charge >= 0.3 is 0 Å². The van der Waals surface area contributed by atoms with E-state index in [-0.39, 0.29) is 12.5 Å². The van der Waals surface area contributed by atoms with E-state index in [0.717, 1.165) is 10.2 Å². The predicted octanol–water partition coefficient (Wildman–Crippen LogP) is 4.13. The van der Waals surface area contributed by atoms with Crippen LogP contribution in [-0.4, -0.2) is 30.6 Å². The zero-order chi connectivity index (χ0) is 17.6. The Morgan fingerprint density at radius 3 is 2.40 bits per heavy atom. The Hall–Kier alpha value is -2.60. The van der Waals surface area contributed by atoms with E-state index in [4.69, 9.17) is 9.47 Å². The quantitative estimate of drug-likeness (QED) is 0.639. The minimum Gasteiger partial charge on any atom is -0.490 e. The summed E-state index contributed by atoms with van der Waals surface area (Å²) in [5.41, 5.74) is 0.899. The Morgan fingerprint density at radius 1 is 1.04 bits per heavy atom. The Kier molecular flexibility index (Phi) is 5.50. The first-order valence-corrected chi connectivity index (χ1v) is 9.05. The smallest absolute Gasteiger partial charge is 0.266 e. The average Bonchev–Trinajstić information content (AvgIpc) is 3.05. The van der Waals surface area contributed by atoms with Crippen molar-refractivity contribution in [3.8, 4) is 11.5 Å². The molecule has 0 aliphatic heterocycles. The maximum absolute atomic E-state index is 12.6. The number of benzene rings is 2. The van der Waals surface area contributed by atoms with Crippen LogP contribution in [0.1, 0.15) is 13.8 Å². The molecule has 0 atom stereocenters. The number of likely N-dealkylation sites (N-methyl/N-ethyl adjacent to an activating group) is 1. The second-order valence-electron chi connectivity index (χ2n) is 5.27. The fourth-order valence-corrected chi connectivity index (χ4v) is 3.50. The fraction of sp³-hybridized carbons (Fsp3) is 0.263. The molecule has 1 heterocycles. The van der Waals surface area contributed by atoms with Crippen molar-refractivity contribution >= 4 is 32.6 Å². The topological polar surface area (TPSA) is 51.7 Å². The van der Waals surface area contributed by atoms with Crippen molar-refractivity contribution < 1.29 is 14.3 Å². The van der Waals surface area contributed by atoms with Crippen LogP contribution in [0, 0.1) is 0 Å². The first-order valence-electron chi connectivity index (χ1n) is 8.23. The van der Waals surface area contributed by atoms with Crippen LogP contribution in [-0.2, 0) is 4.79 Å². The number of anilines is 1. The van der Waals surface area contributed by atoms with E-state index in [9.17, 15) is 4.79 Å². The van der Waals surface area contributed by atoms with Gasteiger partial charge < -0.3 is 9.47 Å². The molecule has 0 fully saturated rings. The highest BCUT2D eigenvalue weighted by molar-refractivity contribution is 7.22. The van der Waals surface area contributed by atoms with Crippen LogP contribution in [0.25, 0.3) is 10.2 Å². The number of para-hydroxylation sites is 3. The molecule has 25 heavy (non-hydrogen) atoms. The molecule has 1 aromatic heterocycles. The number of hydrogen-bond acceptors (Lipinski definition) is 5. The molecule has 5 nitrogen and oxygen atoms in total. The summed E-state index contributed by atoms with van der Waals surface area (Å²) < 4.78 is 12.3. The van der Waals surface area contributed by atoms with Gasteiger partial charge in [-0.15, -0.1) is 0 Å². The lowest BCUT2D eigenvalue weighted by Gasteiger charge is -2.18. The lowest BCUT2D eigenvalue weighted by Crippen LogP contribution is -2.34. The maximum atomic E-state index is 12.6. The van der Waals surface area contributed by atoms with E-state index in [1.807, 2.05) is 56.3 Å². The van der Waals surface area contributed by atoms with E-state index >= 15 is 0 Å². The number of amides is 1. The first kappa shape index (κ1) is 17.2. The molecule has 0 saturated carbocycles. The average molecular weight is 356 g/mol. The molecule has 0 bridgehead atoms. The monoisotopic (exact) mass is 356 g/mol. The molecule has 1 amide bonds. The summed E-state index contributed by atoms with van der Waals surface area (Å²) in [7, 11) is 0. The van der Waals surface area contributed by atoms with Crippen LogP contribution >= 0.6 is 11.3 Å². The minimum atomic E-state index is -0.132. The normalized spacial score (nSPS) is 10.6. The maximum Gasteiger partial charge on any atom is 0.266 e. The number of carbonyl (C=O) groups excluding carboxylic acids is 1. The zero-order valence-corrected chi connectivity index (χ0v) is 15.1. The van der Waals surface area contributed by atoms with Crippen LogP contribution in [0.4, 0.5) is 5.13 Å². The van der Waals surface area contributed by atoms with Gasteiger partial charge in [0.1, 0.15) is 0 Å². The largest absolute Gasteiger partial charge is 0.490 e. The highest BCUT2D eigenvalue weighted by Gasteiger charge is 2.19. The van der Waals surface area contributed by atoms with Crippen LogP contribution in [0.15, 0.2) is 48.5 Å². The number of nitrogens with zero attached hydrogens (tertiary/aromatic N) is 2. The molecule has 0 radical (unpaired) electrons. The highest BCUT2D eigenvalue weighted by atomic mass is 32.1. The Labute approximate surface area is 150 Å². The van der Waals surface area contributed by atoms with E-state index in [1.54, 1.807) is 11.0 Å². The number of aromatic nitrogens is 1. The van der Waals surface area contributed by atoms with Gasteiger partial charge in [-0.25, -0.2) is 4.98 Å².